The first kappa shape index (κ1) is 14.0. The maximum Gasteiger partial charge on any atom is 0.203 e. The van der Waals surface area contributed by atoms with Gasteiger partial charge in [0.1, 0.15) is 12.7 Å². The van der Waals surface area contributed by atoms with Crippen molar-refractivity contribution in [1.82, 2.24) is 0 Å². The molecule has 5 nitrogen and oxygen atoms in total. The van der Waals surface area contributed by atoms with Crippen molar-refractivity contribution in [3.63, 3.8) is 0 Å². The van der Waals surface area contributed by atoms with Gasteiger partial charge in [0, 0.05) is 6.61 Å². The number of benzene rings is 1. The van der Waals surface area contributed by atoms with Crippen LogP contribution in [0.15, 0.2) is 12.1 Å². The van der Waals surface area contributed by atoms with Gasteiger partial charge >= 0.3 is 0 Å². The Labute approximate surface area is 113 Å². The third-order valence-electron chi connectivity index (χ3n) is 2.96. The van der Waals surface area contributed by atoms with Gasteiger partial charge in [0.2, 0.25) is 5.75 Å². The molecule has 0 radical (unpaired) electrons. The topological polar surface area (TPSA) is 60.5 Å². The van der Waals surface area contributed by atoms with Gasteiger partial charge in [-0.15, -0.1) is 0 Å². The third-order valence-corrected chi connectivity index (χ3v) is 2.96. The van der Waals surface area contributed by atoms with Crippen molar-refractivity contribution in [3.05, 3.63) is 17.7 Å². The van der Waals surface area contributed by atoms with E-state index in [2.05, 4.69) is 0 Å². The predicted octanol–water partition coefficient (Wildman–Crippen LogP) is 1.41. The van der Waals surface area contributed by atoms with Crippen LogP contribution in [0.3, 0.4) is 0 Å². The number of aliphatic hydroxyl groups excluding tert-OH is 1. The highest BCUT2D eigenvalue weighted by Gasteiger charge is 2.25. The first-order valence-electron chi connectivity index (χ1n) is 6.38. The molecule has 1 heterocycles. The molecule has 0 bridgehead atoms. The zero-order valence-electron chi connectivity index (χ0n) is 11.3. The van der Waals surface area contributed by atoms with E-state index in [1.54, 1.807) is 14.2 Å². The molecule has 0 aliphatic carbocycles. The van der Waals surface area contributed by atoms with E-state index in [9.17, 15) is 0 Å². The fraction of sp³-hybridized carbons (Fsp3) is 0.571. The fourth-order valence-electron chi connectivity index (χ4n) is 1.84. The number of methoxy groups -OCH3 is 2. The largest absolute Gasteiger partial charge is 0.493 e. The van der Waals surface area contributed by atoms with Crippen molar-refractivity contribution in [1.29, 1.82) is 0 Å². The molecule has 5 heteroatoms. The number of hydrogen-bond acceptors (Lipinski definition) is 5. The number of aliphatic hydroxyl groups is 1. The number of rotatable bonds is 8. The molecule has 2 rings (SSSR count). The molecule has 1 unspecified atom stereocenters. The highest BCUT2D eigenvalue weighted by molar-refractivity contribution is 5.54. The zero-order valence-corrected chi connectivity index (χ0v) is 11.3. The Kier molecular flexibility index (Phi) is 4.87. The minimum atomic E-state index is 0.169. The standard InChI is InChI=1S/C14H20O5/c1-16-12-6-10(4-3-5-15)7-13(17-2)14(12)19-9-11-8-18-11/h6-7,11,15H,3-5,8-9H2,1-2H3. The quantitative estimate of drug-likeness (QED) is 0.722. The van der Waals surface area contributed by atoms with Gasteiger partial charge in [0.05, 0.1) is 20.8 Å². The molecule has 1 aliphatic heterocycles. The molecule has 19 heavy (non-hydrogen) atoms. The summed E-state index contributed by atoms with van der Waals surface area (Å²) in [4.78, 5) is 0. The van der Waals surface area contributed by atoms with E-state index in [1.165, 1.54) is 0 Å². The molecule has 106 valence electrons. The van der Waals surface area contributed by atoms with Crippen LogP contribution in [0, 0.1) is 0 Å². The van der Waals surface area contributed by atoms with E-state index in [1.807, 2.05) is 12.1 Å². The van der Waals surface area contributed by atoms with Crippen molar-refractivity contribution in [2.45, 2.75) is 18.9 Å². The maximum atomic E-state index is 8.89. The molecule has 1 aromatic carbocycles. The average molecular weight is 268 g/mol. The van der Waals surface area contributed by atoms with Gasteiger partial charge in [-0.1, -0.05) is 0 Å². The molecule has 0 saturated carbocycles. The first-order valence-corrected chi connectivity index (χ1v) is 6.38. The summed E-state index contributed by atoms with van der Waals surface area (Å²) < 4.78 is 21.5. The Bertz CT molecular complexity index is 389. The highest BCUT2D eigenvalue weighted by atomic mass is 16.6. The Balaban J connectivity index is 2.17. The summed E-state index contributed by atoms with van der Waals surface area (Å²) in [6, 6.07) is 3.84. The summed E-state index contributed by atoms with van der Waals surface area (Å²) in [5, 5.41) is 8.89. The molecule has 0 amide bonds. The van der Waals surface area contributed by atoms with Gasteiger partial charge in [-0.25, -0.2) is 0 Å². The van der Waals surface area contributed by atoms with Gasteiger partial charge in [-0.3, -0.25) is 0 Å². The average Bonchev–Trinajstić information content (AvgIpc) is 3.26. The smallest absolute Gasteiger partial charge is 0.203 e. The Hall–Kier alpha value is -1.46. The summed E-state index contributed by atoms with van der Waals surface area (Å²) in [5.41, 5.74) is 1.05. The predicted molar refractivity (Wildman–Crippen MR) is 70.2 cm³/mol. The molecule has 1 aliphatic rings. The van der Waals surface area contributed by atoms with Gasteiger partial charge < -0.3 is 24.1 Å². The van der Waals surface area contributed by atoms with Crippen LogP contribution in [-0.4, -0.2) is 45.3 Å². The first-order chi connectivity index (χ1) is 9.28. The van der Waals surface area contributed by atoms with E-state index >= 15 is 0 Å². The molecule has 1 saturated heterocycles. The molecular formula is C14H20O5. The summed E-state index contributed by atoms with van der Waals surface area (Å²) in [6.07, 6.45) is 1.67. The monoisotopic (exact) mass is 268 g/mol. The number of hydrogen-bond donors (Lipinski definition) is 1. The van der Waals surface area contributed by atoms with E-state index in [0.29, 0.717) is 30.3 Å². The highest BCUT2D eigenvalue weighted by Crippen LogP contribution is 2.39. The lowest BCUT2D eigenvalue weighted by Gasteiger charge is -2.15. The molecule has 1 atom stereocenters. The Morgan fingerprint density at radius 3 is 2.37 bits per heavy atom. The second kappa shape index (κ2) is 6.63. The minimum Gasteiger partial charge on any atom is -0.493 e. The van der Waals surface area contributed by atoms with Crippen molar-refractivity contribution in [3.8, 4) is 17.2 Å². The number of ether oxygens (including phenoxy) is 4. The lowest BCUT2D eigenvalue weighted by atomic mass is 10.1. The van der Waals surface area contributed by atoms with Crippen molar-refractivity contribution in [2.75, 3.05) is 34.0 Å². The summed E-state index contributed by atoms with van der Waals surface area (Å²) in [7, 11) is 3.20. The van der Waals surface area contributed by atoms with Crippen LogP contribution in [-0.2, 0) is 11.2 Å². The van der Waals surface area contributed by atoms with E-state index < -0.39 is 0 Å². The Morgan fingerprint density at radius 2 is 1.89 bits per heavy atom. The third kappa shape index (κ3) is 3.75. The van der Waals surface area contributed by atoms with E-state index in [-0.39, 0.29) is 12.7 Å². The SMILES string of the molecule is COc1cc(CCCO)cc(OC)c1OCC1CO1. The molecule has 1 N–H and O–H groups in total. The zero-order chi connectivity index (χ0) is 13.7. The van der Waals surface area contributed by atoms with Gasteiger partial charge in [-0.05, 0) is 30.5 Å². The molecule has 0 spiro atoms. The molecule has 1 aromatic rings. The fourth-order valence-corrected chi connectivity index (χ4v) is 1.84. The Morgan fingerprint density at radius 1 is 1.26 bits per heavy atom. The summed E-state index contributed by atoms with van der Waals surface area (Å²) >= 11 is 0. The van der Waals surface area contributed by atoms with Crippen LogP contribution < -0.4 is 14.2 Å². The lowest BCUT2D eigenvalue weighted by Crippen LogP contribution is -2.07. The second-order valence-electron chi connectivity index (χ2n) is 4.42. The lowest BCUT2D eigenvalue weighted by molar-refractivity contribution is 0.240. The van der Waals surface area contributed by atoms with Crippen molar-refractivity contribution >= 4 is 0 Å². The maximum absolute atomic E-state index is 8.89. The summed E-state index contributed by atoms with van der Waals surface area (Å²) in [6.45, 7) is 1.42. The van der Waals surface area contributed by atoms with Crippen molar-refractivity contribution < 1.29 is 24.1 Å². The normalized spacial score (nSPS) is 17.1. The molecular weight excluding hydrogens is 248 g/mol. The molecule has 1 fully saturated rings. The number of epoxide rings is 1. The van der Waals surface area contributed by atoms with Crippen molar-refractivity contribution in [2.24, 2.45) is 0 Å². The van der Waals surface area contributed by atoms with Crippen LogP contribution >= 0.6 is 0 Å². The van der Waals surface area contributed by atoms with E-state index in [4.69, 9.17) is 24.1 Å². The van der Waals surface area contributed by atoms with Gasteiger partial charge in [0.25, 0.3) is 0 Å². The van der Waals surface area contributed by atoms with Crippen LogP contribution in [0.5, 0.6) is 17.2 Å². The van der Waals surface area contributed by atoms with Crippen LogP contribution in [0.4, 0.5) is 0 Å². The van der Waals surface area contributed by atoms with Crippen LogP contribution in [0.2, 0.25) is 0 Å². The van der Waals surface area contributed by atoms with E-state index in [0.717, 1.165) is 18.6 Å². The van der Waals surface area contributed by atoms with Crippen LogP contribution in [0.25, 0.3) is 0 Å². The van der Waals surface area contributed by atoms with Gasteiger partial charge in [0.15, 0.2) is 11.5 Å². The molecule has 0 aromatic heterocycles. The van der Waals surface area contributed by atoms with Crippen LogP contribution in [0.1, 0.15) is 12.0 Å². The number of aryl methyl sites for hydroxylation is 1. The van der Waals surface area contributed by atoms with Gasteiger partial charge in [-0.2, -0.15) is 0 Å². The minimum absolute atomic E-state index is 0.169. The summed E-state index contributed by atoms with van der Waals surface area (Å²) in [5.74, 6) is 1.90. The second-order valence-corrected chi connectivity index (χ2v) is 4.42.